The molecule has 804 valence electrons. The first-order valence-electron chi connectivity index (χ1n) is 32.3. The maximum atomic E-state index is 15.3. The van der Waals surface area contributed by atoms with E-state index < -0.39 is 306 Å². The maximum Gasteiger partial charge on any atom is 0.462 e. The molecule has 4 aliphatic heterocycles. The Balaban J connectivity index is 0.000000619. The van der Waals surface area contributed by atoms with Crippen molar-refractivity contribution in [3.63, 3.8) is 0 Å². The molecule has 12 atom stereocenters. The van der Waals surface area contributed by atoms with Crippen molar-refractivity contribution in [2.75, 3.05) is 0 Å². The first-order chi connectivity index (χ1) is 58.8. The molecule has 0 amide bonds. The molecule has 0 bridgehead atoms. The minimum atomic E-state index is -7.86. The van der Waals surface area contributed by atoms with Gasteiger partial charge in [0, 0.05) is 5.92 Å². The van der Waals surface area contributed by atoms with Crippen LogP contribution in [0.3, 0.4) is 0 Å². The quantitative estimate of drug-likeness (QED) is 0.0691. The van der Waals surface area contributed by atoms with Crippen LogP contribution < -0.4 is 0 Å². The number of rotatable bonds is 10. The monoisotopic (exact) mass is 2190 g/mol. The molecule has 4 saturated heterocycles. The van der Waals surface area contributed by atoms with E-state index in [1.807, 2.05) is 6.58 Å². The molecule has 12 unspecified atom stereocenters. The summed E-state index contributed by atoms with van der Waals surface area (Å²) in [6, 6.07) is 0. The average molecular weight is 2190 g/mol. The topological polar surface area (TPSA) is 223 Å². The number of ether oxygens (including phenoxy) is 8. The highest BCUT2D eigenvalue weighted by molar-refractivity contribution is 5.91. The molecule has 4 heterocycles. The number of esters is 4. The minimum Gasteiger partial charge on any atom is -0.414 e. The van der Waals surface area contributed by atoms with Gasteiger partial charge in [0.2, 0.25) is 22.9 Å². The van der Waals surface area contributed by atoms with E-state index in [-0.39, 0.29) is 13.3 Å². The van der Waals surface area contributed by atoms with Crippen molar-refractivity contribution < 1.29 is 358 Å². The molecule has 0 aromatic carbocycles. The molecule has 0 spiro atoms. The number of carbonyl (C=O) groups excluding carboxylic acids is 4. The second-order valence-corrected chi connectivity index (χ2v) is 27.5. The molecule has 5 rings (SSSR count). The van der Waals surface area contributed by atoms with Crippen LogP contribution in [0.1, 0.15) is 52.4 Å². The smallest absolute Gasteiger partial charge is 0.414 e. The fraction of sp³-hybridized carbons (Fsp3) is 0.789. The summed E-state index contributed by atoms with van der Waals surface area (Å²) in [6.07, 6.45) is -127. The zero-order valence-corrected chi connectivity index (χ0v) is 62.6. The van der Waals surface area contributed by atoms with E-state index in [1.54, 1.807) is 19.7 Å². The molecule has 0 aromatic heterocycles. The van der Waals surface area contributed by atoms with Crippen LogP contribution in [-0.4, -0.2) is 259 Å². The van der Waals surface area contributed by atoms with Crippen molar-refractivity contribution >= 4 is 23.9 Å². The molecule has 80 heteroatoms. The standard InChI is InChI=1S/C18H14F16O4.C14H8F16O4.C13H6F16O4.C12H4F16O4/c1-7(11(19,20)21)9(35)37-15(18(32,33)34)14(24,25)12(36,17(29,30)31)13(22,23)10(38-15,16(26,27)28)8-5-3-2-4-6-8;1-3-6(12(22,23)24)9(18,19)8(32,13(25,26)27)10(20,21)11(34-6,14(28,29)30)33-5(31)4(2)7(15,16)17;1-3(6(14,15)16)4(30)32-10(13(27,28)29)9(19,20)7(31,12(24,25)26)8(17,18)5(2,33-10)11(21,22)23;1-2(6(15,16)17)3(29)31-10(12(26,27)28)9(21,22)8(30,11(23,24)25)5(13,14)4(32-10)7(18,19)20/h8,36H,1-6H2;32H,2-3H2,1H3;31H,1H2,2H3;4,30H,1H2. The molecular formula is C57H32F64O16. The van der Waals surface area contributed by atoms with Gasteiger partial charge in [-0.3, -0.25) is 0 Å². The molecule has 137 heavy (non-hydrogen) atoms. The van der Waals surface area contributed by atoms with E-state index in [4.69, 9.17) is 10.2 Å². The van der Waals surface area contributed by atoms with E-state index in [9.17, 15) is 293 Å². The van der Waals surface area contributed by atoms with Crippen molar-refractivity contribution in [3.8, 4) is 0 Å². The number of carbonyl (C=O) groups is 4. The SMILES string of the molecule is C=C(C(=O)OC1(C(F)(F)F)OC(C(F)(F)F)C(F)(F)C(O)(C(F)(F)F)C1(F)F)C(F)(F)F.C=C(C(=O)OC1(C(F)(F)F)OC(C)(C(F)(F)F)C(F)(F)C(O)(C(F)(F)F)C1(F)F)C(F)(F)F.C=C(C(=O)OC1(C(F)(F)F)OC(C2CCCCC2)(C(F)(F)F)C(F)(F)C(O)(C(F)(F)F)C1(F)F)C(F)(F)F.C=C(C(=O)OC1(C(F)(F)F)OC(CC)(C(F)(F)F)C(F)(F)C(O)(C(F)(F)F)C1(F)F)C(F)(F)F. The van der Waals surface area contributed by atoms with E-state index in [0.29, 0.717) is 0 Å². The van der Waals surface area contributed by atoms with Crippen molar-refractivity contribution in [1.82, 2.24) is 0 Å². The van der Waals surface area contributed by atoms with Gasteiger partial charge in [-0.05, 0) is 26.2 Å². The Kier molecular flexibility index (Phi) is 31.2. The van der Waals surface area contributed by atoms with Crippen molar-refractivity contribution in [2.24, 2.45) is 5.92 Å². The number of hydrogen-bond donors (Lipinski definition) is 4. The van der Waals surface area contributed by atoms with Gasteiger partial charge in [-0.1, -0.05) is 52.5 Å². The predicted molar refractivity (Wildman–Crippen MR) is 287 cm³/mol. The van der Waals surface area contributed by atoms with Crippen LogP contribution in [0.15, 0.2) is 48.6 Å². The van der Waals surface area contributed by atoms with E-state index in [1.165, 1.54) is 0 Å². The second-order valence-electron chi connectivity index (χ2n) is 27.5. The highest BCUT2D eigenvalue weighted by atomic mass is 19.5. The molecule has 1 saturated carbocycles. The Bertz CT molecular complexity index is 4480. The van der Waals surface area contributed by atoms with Gasteiger partial charge in [0.25, 0.3) is 22.4 Å². The van der Waals surface area contributed by atoms with Gasteiger partial charge in [0.05, 0.1) is 0 Å². The summed E-state index contributed by atoms with van der Waals surface area (Å²) >= 11 is 0. The lowest BCUT2D eigenvalue weighted by atomic mass is 9.63. The summed E-state index contributed by atoms with van der Waals surface area (Å²) in [4.78, 5) is 45.5. The van der Waals surface area contributed by atoms with Crippen LogP contribution in [0.25, 0.3) is 0 Å². The lowest BCUT2D eigenvalue weighted by Gasteiger charge is -2.61. The number of halogens is 64. The zero-order chi connectivity index (χ0) is 111. The minimum absolute atomic E-state index is 0.111. The summed E-state index contributed by atoms with van der Waals surface area (Å²) in [7, 11) is 0. The number of alkyl halides is 64. The largest absolute Gasteiger partial charge is 0.462 e. The average Bonchev–Trinajstić information content (AvgIpc) is 0.659. The molecule has 4 N–H and O–H groups in total. The molecule has 5 aliphatic rings. The fourth-order valence-electron chi connectivity index (χ4n) is 12.1. The Morgan fingerprint density at radius 1 is 0.292 bits per heavy atom. The van der Waals surface area contributed by atoms with Gasteiger partial charge in [-0.15, -0.1) is 0 Å². The molecule has 16 nitrogen and oxygen atoms in total. The summed E-state index contributed by atoms with van der Waals surface area (Å²) in [6.45, 7) is 5.39. The first kappa shape index (κ1) is 125. The lowest BCUT2D eigenvalue weighted by molar-refractivity contribution is -0.584. The van der Waals surface area contributed by atoms with Gasteiger partial charge in [0.1, 0.15) is 22.3 Å². The number of aliphatic hydroxyl groups is 4. The Morgan fingerprint density at radius 2 is 0.526 bits per heavy atom. The lowest BCUT2D eigenvalue weighted by Crippen LogP contribution is -2.91. The van der Waals surface area contributed by atoms with Crippen LogP contribution in [0.5, 0.6) is 0 Å². The summed E-state index contributed by atoms with van der Waals surface area (Å²) < 4.78 is 887. The van der Waals surface area contributed by atoms with Gasteiger partial charge in [-0.2, -0.15) is 281 Å². The third-order valence-corrected chi connectivity index (χ3v) is 19.3. The fourth-order valence-corrected chi connectivity index (χ4v) is 12.1. The third-order valence-electron chi connectivity index (χ3n) is 19.3. The van der Waals surface area contributed by atoms with Crippen molar-refractivity contribution in [2.45, 2.75) is 267 Å². The van der Waals surface area contributed by atoms with Crippen LogP contribution in [0.2, 0.25) is 0 Å². The molecule has 0 aromatic rings. The van der Waals surface area contributed by atoms with E-state index >= 15 is 17.6 Å². The van der Waals surface area contributed by atoms with Crippen LogP contribution in [0, 0.1) is 5.92 Å². The molecular weight excluding hydrogens is 2160 g/mol. The molecule has 0 radical (unpaired) electrons. The van der Waals surface area contributed by atoms with Crippen LogP contribution in [-0.2, 0) is 57.1 Å². The predicted octanol–water partition coefficient (Wildman–Crippen LogP) is 20.8. The summed E-state index contributed by atoms with van der Waals surface area (Å²) in [5.41, 5.74) is -62.5. The molecule has 1 aliphatic carbocycles. The Hall–Kier alpha value is -7.96. The van der Waals surface area contributed by atoms with Gasteiger partial charge < -0.3 is 58.3 Å². The van der Waals surface area contributed by atoms with Gasteiger partial charge >= 0.3 is 193 Å². The van der Waals surface area contributed by atoms with Gasteiger partial charge in [-0.25, -0.2) is 19.2 Å². The van der Waals surface area contributed by atoms with Crippen LogP contribution >= 0.6 is 0 Å². The van der Waals surface area contributed by atoms with Gasteiger partial charge in [0.15, 0.2) is 0 Å². The van der Waals surface area contributed by atoms with E-state index in [2.05, 4.69) is 37.9 Å². The van der Waals surface area contributed by atoms with E-state index in [0.717, 1.165) is 0 Å². The summed E-state index contributed by atoms with van der Waals surface area (Å²) in [5.74, 6) is -108. The second kappa shape index (κ2) is 34.1. The summed E-state index contributed by atoms with van der Waals surface area (Å²) in [5, 5.41) is 37.0. The Morgan fingerprint density at radius 3 is 0.745 bits per heavy atom. The maximum absolute atomic E-state index is 15.3. The normalized spacial score (nSPS) is 32.4. The highest BCUT2D eigenvalue weighted by Gasteiger charge is 3.07. The van der Waals surface area contributed by atoms with Crippen molar-refractivity contribution in [3.05, 3.63) is 48.6 Å². The zero-order valence-electron chi connectivity index (χ0n) is 62.6. The number of hydrogen-bond acceptors (Lipinski definition) is 16. The molecule has 5 fully saturated rings. The van der Waals surface area contributed by atoms with Crippen LogP contribution in [0.4, 0.5) is 281 Å². The first-order valence-corrected chi connectivity index (χ1v) is 32.3. The highest BCUT2D eigenvalue weighted by Crippen LogP contribution is 2.76. The third kappa shape index (κ3) is 17.8. The van der Waals surface area contributed by atoms with Crippen molar-refractivity contribution in [1.29, 1.82) is 0 Å². The Labute approximate surface area is 704 Å².